The highest BCUT2D eigenvalue weighted by Crippen LogP contribution is 2.32. The van der Waals surface area contributed by atoms with Crippen LogP contribution in [-0.4, -0.2) is 24.5 Å². The number of unbranched alkanes of at least 4 members (excludes halogenated alkanes) is 1. The van der Waals surface area contributed by atoms with Gasteiger partial charge in [-0.1, -0.05) is 17.7 Å². The second kappa shape index (κ2) is 9.08. The summed E-state index contributed by atoms with van der Waals surface area (Å²) in [5, 5.41) is 6.34. The van der Waals surface area contributed by atoms with Crippen LogP contribution in [-0.2, 0) is 4.79 Å². The summed E-state index contributed by atoms with van der Waals surface area (Å²) < 4.78 is 5.56. The van der Waals surface area contributed by atoms with Crippen molar-refractivity contribution in [1.82, 2.24) is 5.32 Å². The molecule has 148 valence electrons. The second-order valence-corrected chi connectivity index (χ2v) is 7.31. The maximum absolute atomic E-state index is 12.0. The lowest BCUT2D eigenvalue weighted by Gasteiger charge is -2.24. The summed E-state index contributed by atoms with van der Waals surface area (Å²) in [5.41, 5.74) is 8.48. The van der Waals surface area contributed by atoms with E-state index >= 15 is 0 Å². The van der Waals surface area contributed by atoms with Crippen LogP contribution >= 0.6 is 11.6 Å². The van der Waals surface area contributed by atoms with E-state index < -0.39 is 6.10 Å². The third-order valence-electron chi connectivity index (χ3n) is 4.70. The number of rotatable bonds is 7. The molecular formula is C21H24ClN3O3. The Morgan fingerprint density at radius 2 is 2.00 bits per heavy atom. The van der Waals surface area contributed by atoms with Gasteiger partial charge in [0.15, 0.2) is 6.10 Å². The van der Waals surface area contributed by atoms with E-state index in [9.17, 15) is 9.59 Å². The molecule has 2 aromatic rings. The molecule has 1 heterocycles. The Hall–Kier alpha value is -2.57. The molecule has 2 amide bonds. The average Bonchev–Trinajstić information content (AvgIpc) is 2.68. The summed E-state index contributed by atoms with van der Waals surface area (Å²) in [4.78, 5) is 23.8. The minimum absolute atomic E-state index is 0.111. The minimum Gasteiger partial charge on any atom is -0.479 e. The number of anilines is 1. The molecule has 6 nitrogen and oxygen atoms in total. The van der Waals surface area contributed by atoms with E-state index in [1.165, 1.54) is 0 Å². The van der Waals surface area contributed by atoms with Crippen molar-refractivity contribution in [3.05, 3.63) is 58.6 Å². The maximum Gasteiger partial charge on any atom is 0.265 e. The van der Waals surface area contributed by atoms with Crippen molar-refractivity contribution in [3.63, 3.8) is 0 Å². The zero-order chi connectivity index (χ0) is 20.1. The van der Waals surface area contributed by atoms with Gasteiger partial charge in [-0.05, 0) is 68.1 Å². The molecule has 7 heteroatoms. The van der Waals surface area contributed by atoms with E-state index in [1.807, 2.05) is 18.2 Å². The van der Waals surface area contributed by atoms with Gasteiger partial charge in [0.2, 0.25) is 0 Å². The Kier molecular flexibility index (Phi) is 6.54. The van der Waals surface area contributed by atoms with E-state index in [1.54, 1.807) is 31.2 Å². The monoisotopic (exact) mass is 401 g/mol. The van der Waals surface area contributed by atoms with Crippen molar-refractivity contribution in [2.75, 3.05) is 11.9 Å². The molecule has 2 unspecified atom stereocenters. The number of nitrogens with one attached hydrogen (secondary N) is 2. The maximum atomic E-state index is 12.0. The van der Waals surface area contributed by atoms with Crippen LogP contribution in [0.4, 0.5) is 5.69 Å². The van der Waals surface area contributed by atoms with Crippen LogP contribution in [0.1, 0.15) is 48.1 Å². The van der Waals surface area contributed by atoms with Crippen molar-refractivity contribution in [1.29, 1.82) is 0 Å². The minimum atomic E-state index is -0.491. The van der Waals surface area contributed by atoms with Crippen LogP contribution in [0.2, 0.25) is 5.02 Å². The first-order chi connectivity index (χ1) is 13.4. The zero-order valence-electron chi connectivity index (χ0n) is 15.7. The summed E-state index contributed by atoms with van der Waals surface area (Å²) >= 11 is 5.82. The van der Waals surface area contributed by atoms with Gasteiger partial charge in [0.25, 0.3) is 11.8 Å². The Balaban J connectivity index is 1.43. The van der Waals surface area contributed by atoms with Gasteiger partial charge >= 0.3 is 0 Å². The summed E-state index contributed by atoms with van der Waals surface area (Å²) in [6, 6.07) is 12.3. The van der Waals surface area contributed by atoms with Gasteiger partial charge in [0, 0.05) is 23.2 Å². The molecule has 1 aliphatic heterocycles. The molecule has 4 N–H and O–H groups in total. The third-order valence-corrected chi connectivity index (χ3v) is 4.95. The molecule has 3 rings (SSSR count). The number of nitrogens with two attached hydrogens (primary N) is 1. The summed E-state index contributed by atoms with van der Waals surface area (Å²) in [6.45, 7) is 2.30. The Bertz CT molecular complexity index is 854. The molecule has 2 atom stereocenters. The van der Waals surface area contributed by atoms with Gasteiger partial charge in [-0.2, -0.15) is 0 Å². The standard InChI is InChI=1S/C21H24ClN3O3/c1-13-20(26)25-18-12-15(7-10-19(18)28-13)17(23)4-2-3-11-24-21(27)14-5-8-16(22)9-6-14/h5-10,12-13,17H,2-4,11,23H2,1H3,(H,24,27)(H,25,26). The van der Waals surface area contributed by atoms with Crippen molar-refractivity contribution in [2.24, 2.45) is 5.73 Å². The number of benzene rings is 2. The highest BCUT2D eigenvalue weighted by atomic mass is 35.5. The van der Waals surface area contributed by atoms with E-state index in [-0.39, 0.29) is 17.9 Å². The van der Waals surface area contributed by atoms with Crippen molar-refractivity contribution >= 4 is 29.1 Å². The highest BCUT2D eigenvalue weighted by molar-refractivity contribution is 6.30. The first-order valence-corrected chi connectivity index (χ1v) is 9.72. The third kappa shape index (κ3) is 5.03. The molecule has 0 saturated heterocycles. The van der Waals surface area contributed by atoms with Crippen LogP contribution < -0.4 is 21.1 Å². The van der Waals surface area contributed by atoms with Gasteiger partial charge in [0.1, 0.15) is 5.75 Å². The molecule has 0 spiro atoms. The molecule has 28 heavy (non-hydrogen) atoms. The summed E-state index contributed by atoms with van der Waals surface area (Å²) in [5.74, 6) is 0.392. The highest BCUT2D eigenvalue weighted by Gasteiger charge is 2.24. The van der Waals surface area contributed by atoms with E-state index in [0.29, 0.717) is 28.6 Å². The lowest BCUT2D eigenvalue weighted by Crippen LogP contribution is -2.34. The smallest absolute Gasteiger partial charge is 0.265 e. The van der Waals surface area contributed by atoms with Crippen molar-refractivity contribution < 1.29 is 14.3 Å². The molecular weight excluding hydrogens is 378 g/mol. The fraction of sp³-hybridized carbons (Fsp3) is 0.333. The molecule has 0 saturated carbocycles. The number of hydrogen-bond donors (Lipinski definition) is 3. The van der Waals surface area contributed by atoms with E-state index in [2.05, 4.69) is 10.6 Å². The number of ether oxygens (including phenoxy) is 1. The summed E-state index contributed by atoms with van der Waals surface area (Å²) in [7, 11) is 0. The quantitative estimate of drug-likeness (QED) is 0.617. The zero-order valence-corrected chi connectivity index (χ0v) is 16.5. The fourth-order valence-electron chi connectivity index (χ4n) is 3.02. The molecule has 0 fully saturated rings. The molecule has 2 aromatic carbocycles. The second-order valence-electron chi connectivity index (χ2n) is 6.87. The predicted octanol–water partition coefficient (Wildman–Crippen LogP) is 3.66. The van der Waals surface area contributed by atoms with Crippen LogP contribution in [0.5, 0.6) is 5.75 Å². The van der Waals surface area contributed by atoms with Crippen molar-refractivity contribution in [2.45, 2.75) is 38.3 Å². The number of amides is 2. The van der Waals surface area contributed by atoms with Crippen LogP contribution in [0.15, 0.2) is 42.5 Å². The lowest BCUT2D eigenvalue weighted by molar-refractivity contribution is -0.122. The summed E-state index contributed by atoms with van der Waals surface area (Å²) in [6.07, 6.45) is 1.99. The lowest BCUT2D eigenvalue weighted by atomic mass is 10.0. The van der Waals surface area contributed by atoms with Crippen LogP contribution in [0, 0.1) is 0 Å². The molecule has 1 aliphatic rings. The number of hydrogen-bond acceptors (Lipinski definition) is 4. The first-order valence-electron chi connectivity index (χ1n) is 9.35. The number of carbonyl (C=O) groups is 2. The van der Waals surface area contributed by atoms with Gasteiger partial charge in [-0.3, -0.25) is 9.59 Å². The Morgan fingerprint density at radius 1 is 1.25 bits per heavy atom. The molecule has 0 aromatic heterocycles. The fourth-order valence-corrected chi connectivity index (χ4v) is 3.14. The first kappa shape index (κ1) is 20.2. The number of halogens is 1. The van der Waals surface area contributed by atoms with Gasteiger partial charge < -0.3 is 21.1 Å². The predicted molar refractivity (Wildman–Crippen MR) is 110 cm³/mol. The van der Waals surface area contributed by atoms with E-state index in [4.69, 9.17) is 22.1 Å². The van der Waals surface area contributed by atoms with Crippen LogP contribution in [0.3, 0.4) is 0 Å². The Labute approximate surface area is 169 Å². The van der Waals surface area contributed by atoms with E-state index in [0.717, 1.165) is 24.8 Å². The molecule has 0 bridgehead atoms. The SMILES string of the molecule is CC1Oc2ccc(C(N)CCCCNC(=O)c3ccc(Cl)cc3)cc2NC1=O. The Morgan fingerprint density at radius 3 is 2.75 bits per heavy atom. The average molecular weight is 402 g/mol. The van der Waals surface area contributed by atoms with Crippen molar-refractivity contribution in [3.8, 4) is 5.75 Å². The molecule has 0 radical (unpaired) electrons. The number of carbonyl (C=O) groups excluding carboxylic acids is 2. The normalized spacial score (nSPS) is 16.5. The van der Waals surface area contributed by atoms with Crippen LogP contribution in [0.25, 0.3) is 0 Å². The van der Waals surface area contributed by atoms with Gasteiger partial charge in [-0.25, -0.2) is 0 Å². The number of fused-ring (bicyclic) bond motifs is 1. The molecule has 0 aliphatic carbocycles. The largest absolute Gasteiger partial charge is 0.479 e. The van der Waals surface area contributed by atoms with Gasteiger partial charge in [0.05, 0.1) is 5.69 Å². The van der Waals surface area contributed by atoms with Gasteiger partial charge in [-0.15, -0.1) is 0 Å². The topological polar surface area (TPSA) is 93.4 Å².